The van der Waals surface area contributed by atoms with Crippen LogP contribution in [0.3, 0.4) is 0 Å². The van der Waals surface area contributed by atoms with Crippen LogP contribution in [0.15, 0.2) is 18.2 Å². The van der Waals surface area contributed by atoms with Crippen LogP contribution in [0.1, 0.15) is 36.0 Å². The summed E-state index contributed by atoms with van der Waals surface area (Å²) in [6.45, 7) is 0.636. The molecule has 0 aliphatic heterocycles. The molecule has 0 radical (unpaired) electrons. The minimum atomic E-state index is -0.261. The van der Waals surface area contributed by atoms with Gasteiger partial charge in [0.05, 0.1) is 0 Å². The fourth-order valence-corrected chi connectivity index (χ4v) is 3.33. The highest BCUT2D eigenvalue weighted by atomic mass is 79.9. The second kappa shape index (κ2) is 6.28. The number of amides is 1. The van der Waals surface area contributed by atoms with Crippen LogP contribution in [0.2, 0.25) is 0 Å². The van der Waals surface area contributed by atoms with Gasteiger partial charge in [-0.1, -0.05) is 22.4 Å². The Bertz CT molecular complexity index is 444. The zero-order valence-corrected chi connectivity index (χ0v) is 12.2. The molecule has 19 heavy (non-hydrogen) atoms. The van der Waals surface area contributed by atoms with Gasteiger partial charge in [0, 0.05) is 23.0 Å². The van der Waals surface area contributed by atoms with Gasteiger partial charge in [0.2, 0.25) is 0 Å². The van der Waals surface area contributed by atoms with E-state index in [4.69, 9.17) is 0 Å². The van der Waals surface area contributed by atoms with Crippen LogP contribution in [-0.4, -0.2) is 27.5 Å². The van der Waals surface area contributed by atoms with Crippen LogP contribution < -0.4 is 5.32 Å². The van der Waals surface area contributed by atoms with Crippen molar-refractivity contribution in [3.05, 3.63) is 23.8 Å². The average Bonchev–Trinajstić information content (AvgIpc) is 2.35. The van der Waals surface area contributed by atoms with E-state index in [-0.39, 0.29) is 23.0 Å². The first kappa shape index (κ1) is 14.2. The highest BCUT2D eigenvalue weighted by Crippen LogP contribution is 2.28. The maximum absolute atomic E-state index is 11.9. The quantitative estimate of drug-likeness (QED) is 0.747. The third-order valence-corrected chi connectivity index (χ3v) is 4.27. The van der Waals surface area contributed by atoms with Crippen molar-refractivity contribution < 1.29 is 15.0 Å². The Labute approximate surface area is 121 Å². The minimum Gasteiger partial charge on any atom is -0.508 e. The van der Waals surface area contributed by atoms with Crippen molar-refractivity contribution in [2.75, 3.05) is 6.54 Å². The van der Waals surface area contributed by atoms with E-state index in [1.807, 2.05) is 0 Å². The van der Waals surface area contributed by atoms with Crippen LogP contribution >= 0.6 is 15.9 Å². The molecule has 0 aromatic heterocycles. The van der Waals surface area contributed by atoms with Gasteiger partial charge in [0.25, 0.3) is 5.91 Å². The summed E-state index contributed by atoms with van der Waals surface area (Å²) in [4.78, 5) is 12.5. The number of phenolic OH excluding ortho intramolecular Hbond substituents is 2. The first-order chi connectivity index (χ1) is 9.04. The summed E-state index contributed by atoms with van der Waals surface area (Å²) in [5, 5.41) is 21.6. The Kier molecular flexibility index (Phi) is 4.69. The minimum absolute atomic E-state index is 0.108. The molecule has 0 bridgehead atoms. The lowest BCUT2D eigenvalue weighted by molar-refractivity contribution is 0.0943. The van der Waals surface area contributed by atoms with Crippen molar-refractivity contribution in [2.45, 2.75) is 30.5 Å². The number of rotatable bonds is 3. The Morgan fingerprint density at radius 1 is 1.26 bits per heavy atom. The van der Waals surface area contributed by atoms with Crippen LogP contribution in [0.4, 0.5) is 0 Å². The molecule has 2 unspecified atom stereocenters. The molecule has 2 rings (SSSR count). The second-order valence-electron chi connectivity index (χ2n) is 5.08. The Hall–Kier alpha value is -1.23. The molecule has 0 saturated heterocycles. The van der Waals surface area contributed by atoms with Gasteiger partial charge >= 0.3 is 0 Å². The molecule has 5 heteroatoms. The SMILES string of the molecule is O=C(NCC1CCCC(Br)C1)c1cc(O)cc(O)c1. The third-order valence-electron chi connectivity index (χ3n) is 3.43. The maximum atomic E-state index is 11.9. The maximum Gasteiger partial charge on any atom is 0.251 e. The molecule has 1 saturated carbocycles. The number of hydrogen-bond donors (Lipinski definition) is 3. The topological polar surface area (TPSA) is 69.6 Å². The van der Waals surface area contributed by atoms with Crippen molar-refractivity contribution in [3.8, 4) is 11.5 Å². The van der Waals surface area contributed by atoms with Gasteiger partial charge in [-0.05, 0) is 37.3 Å². The third kappa shape index (κ3) is 4.13. The van der Waals surface area contributed by atoms with Crippen LogP contribution in [-0.2, 0) is 0 Å². The molecule has 1 amide bonds. The first-order valence-electron chi connectivity index (χ1n) is 6.50. The molecule has 1 aromatic rings. The van der Waals surface area contributed by atoms with Gasteiger partial charge in [-0.2, -0.15) is 0 Å². The molecular formula is C14H18BrNO3. The normalized spacial score (nSPS) is 23.0. The Morgan fingerprint density at radius 2 is 1.95 bits per heavy atom. The van der Waals surface area contributed by atoms with Crippen molar-refractivity contribution >= 4 is 21.8 Å². The molecule has 1 aromatic carbocycles. The summed E-state index contributed by atoms with van der Waals surface area (Å²) in [7, 11) is 0. The van der Waals surface area contributed by atoms with E-state index >= 15 is 0 Å². The van der Waals surface area contributed by atoms with Gasteiger partial charge < -0.3 is 15.5 Å². The second-order valence-corrected chi connectivity index (χ2v) is 6.37. The van der Waals surface area contributed by atoms with Crippen LogP contribution in [0, 0.1) is 5.92 Å². The lowest BCUT2D eigenvalue weighted by Gasteiger charge is -2.25. The van der Waals surface area contributed by atoms with Crippen molar-refractivity contribution in [1.82, 2.24) is 5.32 Å². The van der Waals surface area contributed by atoms with Crippen LogP contribution in [0.25, 0.3) is 0 Å². The van der Waals surface area contributed by atoms with Crippen LogP contribution in [0.5, 0.6) is 11.5 Å². The zero-order valence-electron chi connectivity index (χ0n) is 10.6. The number of benzene rings is 1. The van der Waals surface area contributed by atoms with E-state index in [2.05, 4.69) is 21.2 Å². The van der Waals surface area contributed by atoms with E-state index < -0.39 is 0 Å². The molecule has 4 nitrogen and oxygen atoms in total. The Morgan fingerprint density at radius 3 is 2.58 bits per heavy atom. The number of carbonyl (C=O) groups is 1. The standard InChI is InChI=1S/C14H18BrNO3/c15-11-3-1-2-9(4-11)8-16-14(19)10-5-12(17)7-13(18)6-10/h5-7,9,11,17-18H,1-4,8H2,(H,16,19). The summed E-state index contributed by atoms with van der Waals surface area (Å²) in [6.07, 6.45) is 4.59. The van der Waals surface area contributed by atoms with E-state index in [1.165, 1.54) is 31.0 Å². The molecule has 104 valence electrons. The number of nitrogens with one attached hydrogen (secondary N) is 1. The Balaban J connectivity index is 1.90. The lowest BCUT2D eigenvalue weighted by atomic mass is 9.89. The number of carbonyl (C=O) groups excluding carboxylic acids is 1. The number of halogens is 1. The predicted octanol–water partition coefficient (Wildman–Crippen LogP) is 2.78. The fourth-order valence-electron chi connectivity index (χ4n) is 2.48. The van der Waals surface area contributed by atoms with Crippen molar-refractivity contribution in [3.63, 3.8) is 0 Å². The highest BCUT2D eigenvalue weighted by molar-refractivity contribution is 9.09. The number of hydrogen-bond acceptors (Lipinski definition) is 3. The molecule has 3 N–H and O–H groups in total. The summed E-state index contributed by atoms with van der Waals surface area (Å²) < 4.78 is 0. The molecule has 0 heterocycles. The van der Waals surface area contributed by atoms with E-state index in [1.54, 1.807) is 0 Å². The number of aromatic hydroxyl groups is 2. The van der Waals surface area contributed by atoms with Gasteiger partial charge in [0.15, 0.2) is 0 Å². The molecule has 1 aliphatic rings. The van der Waals surface area contributed by atoms with Gasteiger partial charge in [-0.15, -0.1) is 0 Å². The first-order valence-corrected chi connectivity index (χ1v) is 7.41. The summed E-state index contributed by atoms with van der Waals surface area (Å²) in [6, 6.07) is 3.90. The van der Waals surface area contributed by atoms with Gasteiger partial charge in [-0.25, -0.2) is 0 Å². The van der Waals surface area contributed by atoms with E-state index in [0.717, 1.165) is 12.8 Å². The predicted molar refractivity (Wildman–Crippen MR) is 76.8 cm³/mol. The van der Waals surface area contributed by atoms with E-state index in [9.17, 15) is 15.0 Å². The molecule has 1 fully saturated rings. The molecule has 0 spiro atoms. The summed E-state index contributed by atoms with van der Waals surface area (Å²) in [5.41, 5.74) is 0.281. The van der Waals surface area contributed by atoms with E-state index in [0.29, 0.717) is 17.3 Å². The molecule has 1 aliphatic carbocycles. The highest BCUT2D eigenvalue weighted by Gasteiger charge is 2.20. The van der Waals surface area contributed by atoms with Gasteiger partial charge in [-0.3, -0.25) is 4.79 Å². The fraction of sp³-hybridized carbons (Fsp3) is 0.500. The summed E-state index contributed by atoms with van der Waals surface area (Å²) >= 11 is 3.62. The molecular weight excluding hydrogens is 310 g/mol. The zero-order chi connectivity index (χ0) is 13.8. The largest absolute Gasteiger partial charge is 0.508 e. The van der Waals surface area contributed by atoms with Gasteiger partial charge in [0.1, 0.15) is 11.5 Å². The van der Waals surface area contributed by atoms with Crippen molar-refractivity contribution in [2.24, 2.45) is 5.92 Å². The number of phenols is 2. The smallest absolute Gasteiger partial charge is 0.251 e. The van der Waals surface area contributed by atoms with Crippen molar-refractivity contribution in [1.29, 1.82) is 0 Å². The summed E-state index contributed by atoms with van der Waals surface area (Å²) in [5.74, 6) is 0.0163. The lowest BCUT2D eigenvalue weighted by Crippen LogP contribution is -2.31. The monoisotopic (exact) mass is 327 g/mol. The molecule has 2 atom stereocenters. The average molecular weight is 328 g/mol. The number of alkyl halides is 1.